The zero-order valence-corrected chi connectivity index (χ0v) is 9.55. The molecule has 0 fully saturated rings. The van der Waals surface area contributed by atoms with Gasteiger partial charge in [-0.2, -0.15) is 0 Å². The van der Waals surface area contributed by atoms with Crippen molar-refractivity contribution in [3.63, 3.8) is 0 Å². The number of rotatable bonds is 5. The number of nitrogens with two attached hydrogens (primary N) is 1. The lowest BCUT2D eigenvalue weighted by Crippen LogP contribution is -2.31. The molecule has 16 heavy (non-hydrogen) atoms. The summed E-state index contributed by atoms with van der Waals surface area (Å²) in [6, 6.07) is 8.79. The number of hydrogen-bond acceptors (Lipinski definition) is 4. The third-order valence-corrected chi connectivity index (χ3v) is 1.91. The van der Waals surface area contributed by atoms with Crippen molar-refractivity contribution in [2.45, 2.75) is 26.0 Å². The third kappa shape index (κ3) is 4.31. The van der Waals surface area contributed by atoms with Crippen LogP contribution in [-0.2, 0) is 9.53 Å². The lowest BCUT2D eigenvalue weighted by atomic mass is 10.3. The molecule has 88 valence electrons. The zero-order chi connectivity index (χ0) is 12.0. The molecule has 0 aromatic heterocycles. The Kier molecular flexibility index (Phi) is 4.79. The van der Waals surface area contributed by atoms with E-state index >= 15 is 0 Å². The standard InChI is InChI=1S/C12H17NO3/c1-9(8-15-12(14)10(2)13)16-11-6-4-3-5-7-11/h3-7,9-10H,8,13H2,1-2H3. The van der Waals surface area contributed by atoms with E-state index in [2.05, 4.69) is 0 Å². The SMILES string of the molecule is CC(COC(=O)C(C)N)Oc1ccccc1. The highest BCUT2D eigenvalue weighted by Gasteiger charge is 2.11. The Morgan fingerprint density at radius 3 is 2.50 bits per heavy atom. The lowest BCUT2D eigenvalue weighted by molar-refractivity contribution is -0.146. The average Bonchev–Trinajstić information content (AvgIpc) is 2.27. The molecule has 0 radical (unpaired) electrons. The molecule has 0 heterocycles. The van der Waals surface area contributed by atoms with Crippen molar-refractivity contribution in [2.24, 2.45) is 5.73 Å². The first-order valence-electron chi connectivity index (χ1n) is 5.23. The van der Waals surface area contributed by atoms with Gasteiger partial charge >= 0.3 is 5.97 Å². The maximum atomic E-state index is 11.1. The fraction of sp³-hybridized carbons (Fsp3) is 0.417. The van der Waals surface area contributed by atoms with Crippen LogP contribution in [-0.4, -0.2) is 24.7 Å². The number of benzene rings is 1. The average molecular weight is 223 g/mol. The Morgan fingerprint density at radius 2 is 1.94 bits per heavy atom. The number of para-hydroxylation sites is 1. The first-order chi connectivity index (χ1) is 7.59. The van der Waals surface area contributed by atoms with E-state index in [-0.39, 0.29) is 12.7 Å². The molecule has 0 aliphatic heterocycles. The van der Waals surface area contributed by atoms with Crippen LogP contribution >= 0.6 is 0 Å². The van der Waals surface area contributed by atoms with Crippen LogP contribution in [0.4, 0.5) is 0 Å². The summed E-state index contributed by atoms with van der Waals surface area (Å²) < 4.78 is 10.5. The number of esters is 1. The van der Waals surface area contributed by atoms with Gasteiger partial charge in [-0.3, -0.25) is 4.79 Å². The van der Waals surface area contributed by atoms with E-state index in [0.717, 1.165) is 5.75 Å². The molecule has 2 atom stereocenters. The molecule has 1 aromatic rings. The summed E-state index contributed by atoms with van der Waals surface area (Å²) in [5, 5.41) is 0. The van der Waals surface area contributed by atoms with Crippen molar-refractivity contribution < 1.29 is 14.3 Å². The Bertz CT molecular complexity index is 324. The second kappa shape index (κ2) is 6.12. The van der Waals surface area contributed by atoms with Crippen LogP contribution in [0.25, 0.3) is 0 Å². The lowest BCUT2D eigenvalue weighted by Gasteiger charge is -2.15. The molecule has 0 aliphatic rings. The van der Waals surface area contributed by atoms with Crippen LogP contribution in [0.2, 0.25) is 0 Å². The van der Waals surface area contributed by atoms with E-state index in [1.807, 2.05) is 37.3 Å². The summed E-state index contributed by atoms with van der Waals surface area (Å²) in [6.45, 7) is 3.63. The molecule has 1 rings (SSSR count). The van der Waals surface area contributed by atoms with Crippen LogP contribution in [0, 0.1) is 0 Å². The van der Waals surface area contributed by atoms with Gasteiger partial charge in [0.05, 0.1) is 0 Å². The van der Waals surface area contributed by atoms with Crippen LogP contribution in [0.3, 0.4) is 0 Å². The van der Waals surface area contributed by atoms with Crippen molar-refractivity contribution >= 4 is 5.97 Å². The first kappa shape index (κ1) is 12.5. The molecule has 0 saturated carbocycles. The Labute approximate surface area is 95.3 Å². The second-order valence-electron chi connectivity index (χ2n) is 3.66. The van der Waals surface area contributed by atoms with E-state index in [4.69, 9.17) is 15.2 Å². The Morgan fingerprint density at radius 1 is 1.31 bits per heavy atom. The molecule has 4 nitrogen and oxygen atoms in total. The van der Waals surface area contributed by atoms with Gasteiger partial charge in [0, 0.05) is 0 Å². The topological polar surface area (TPSA) is 61.5 Å². The molecule has 1 aromatic carbocycles. The van der Waals surface area contributed by atoms with Crippen molar-refractivity contribution in [1.29, 1.82) is 0 Å². The van der Waals surface area contributed by atoms with Crippen LogP contribution in [0.1, 0.15) is 13.8 Å². The summed E-state index contributed by atoms with van der Waals surface area (Å²) in [7, 11) is 0. The highest BCUT2D eigenvalue weighted by Crippen LogP contribution is 2.10. The van der Waals surface area contributed by atoms with Gasteiger partial charge in [-0.05, 0) is 26.0 Å². The number of carbonyl (C=O) groups is 1. The highest BCUT2D eigenvalue weighted by molar-refractivity contribution is 5.74. The predicted octanol–water partition coefficient (Wildman–Crippen LogP) is 1.34. The van der Waals surface area contributed by atoms with E-state index in [1.165, 1.54) is 0 Å². The molecular weight excluding hydrogens is 206 g/mol. The van der Waals surface area contributed by atoms with Gasteiger partial charge in [-0.1, -0.05) is 18.2 Å². The number of carbonyl (C=O) groups excluding carboxylic acids is 1. The summed E-state index contributed by atoms with van der Waals surface area (Å²) in [6.07, 6.45) is -0.190. The van der Waals surface area contributed by atoms with Crippen molar-refractivity contribution in [1.82, 2.24) is 0 Å². The van der Waals surface area contributed by atoms with Gasteiger partial charge in [0.2, 0.25) is 0 Å². The Balaban J connectivity index is 2.31. The molecule has 0 aliphatic carbocycles. The molecule has 0 spiro atoms. The second-order valence-corrected chi connectivity index (χ2v) is 3.66. The molecule has 0 amide bonds. The summed E-state index contributed by atoms with van der Waals surface area (Å²) in [5.41, 5.74) is 5.36. The summed E-state index contributed by atoms with van der Waals surface area (Å²) >= 11 is 0. The molecule has 2 unspecified atom stereocenters. The number of ether oxygens (including phenoxy) is 2. The normalized spacial score (nSPS) is 13.9. The van der Waals surface area contributed by atoms with Crippen LogP contribution in [0.15, 0.2) is 30.3 Å². The van der Waals surface area contributed by atoms with Gasteiger partial charge in [0.25, 0.3) is 0 Å². The molecule has 4 heteroatoms. The van der Waals surface area contributed by atoms with Gasteiger partial charge in [-0.25, -0.2) is 0 Å². The highest BCUT2D eigenvalue weighted by atomic mass is 16.6. The van der Waals surface area contributed by atoms with Crippen LogP contribution in [0.5, 0.6) is 5.75 Å². The number of hydrogen-bond donors (Lipinski definition) is 1. The molecular formula is C12H17NO3. The predicted molar refractivity (Wildman–Crippen MR) is 61.1 cm³/mol. The van der Waals surface area contributed by atoms with Crippen molar-refractivity contribution in [2.75, 3.05) is 6.61 Å². The summed E-state index contributed by atoms with van der Waals surface area (Å²) in [4.78, 5) is 11.1. The fourth-order valence-corrected chi connectivity index (χ4v) is 1.10. The molecule has 0 bridgehead atoms. The minimum absolute atomic E-state index is 0.190. The minimum Gasteiger partial charge on any atom is -0.487 e. The van der Waals surface area contributed by atoms with Gasteiger partial charge in [-0.15, -0.1) is 0 Å². The summed E-state index contributed by atoms with van der Waals surface area (Å²) in [5.74, 6) is 0.343. The zero-order valence-electron chi connectivity index (χ0n) is 9.55. The maximum Gasteiger partial charge on any atom is 0.322 e. The van der Waals surface area contributed by atoms with Gasteiger partial charge < -0.3 is 15.2 Å². The Hall–Kier alpha value is -1.55. The fourth-order valence-electron chi connectivity index (χ4n) is 1.10. The van der Waals surface area contributed by atoms with E-state index in [1.54, 1.807) is 6.92 Å². The maximum absolute atomic E-state index is 11.1. The van der Waals surface area contributed by atoms with Gasteiger partial charge in [0.1, 0.15) is 24.5 Å². The smallest absolute Gasteiger partial charge is 0.322 e. The van der Waals surface area contributed by atoms with E-state index in [9.17, 15) is 4.79 Å². The van der Waals surface area contributed by atoms with E-state index in [0.29, 0.717) is 0 Å². The quantitative estimate of drug-likeness (QED) is 0.765. The van der Waals surface area contributed by atoms with Crippen LogP contribution < -0.4 is 10.5 Å². The van der Waals surface area contributed by atoms with Crippen molar-refractivity contribution in [3.05, 3.63) is 30.3 Å². The first-order valence-corrected chi connectivity index (χ1v) is 5.23. The van der Waals surface area contributed by atoms with Crippen molar-refractivity contribution in [3.8, 4) is 5.75 Å². The van der Waals surface area contributed by atoms with Gasteiger partial charge in [0.15, 0.2) is 0 Å². The molecule has 2 N–H and O–H groups in total. The monoisotopic (exact) mass is 223 g/mol. The third-order valence-electron chi connectivity index (χ3n) is 1.91. The largest absolute Gasteiger partial charge is 0.487 e. The minimum atomic E-state index is -0.594. The molecule has 0 saturated heterocycles. The van der Waals surface area contributed by atoms with E-state index < -0.39 is 12.0 Å².